The highest BCUT2D eigenvalue weighted by molar-refractivity contribution is 6.07. The molecule has 2 aliphatic heterocycles. The predicted molar refractivity (Wildman–Crippen MR) is 176 cm³/mol. The van der Waals surface area contributed by atoms with Crippen molar-refractivity contribution in [3.05, 3.63) is 119 Å². The van der Waals surface area contributed by atoms with Crippen LogP contribution in [0.25, 0.3) is 22.0 Å². The number of hydrogen-bond donors (Lipinski definition) is 1. The molecular weight excluding hydrogens is 578 g/mol. The first-order chi connectivity index (χ1) is 22.5. The van der Waals surface area contributed by atoms with Gasteiger partial charge in [-0.05, 0) is 83.8 Å². The van der Waals surface area contributed by atoms with Crippen LogP contribution in [0.2, 0.25) is 0 Å². The Morgan fingerprint density at radius 2 is 1.74 bits per heavy atom. The van der Waals surface area contributed by atoms with Gasteiger partial charge in [0.2, 0.25) is 6.79 Å². The van der Waals surface area contributed by atoms with Crippen LogP contribution >= 0.6 is 0 Å². The van der Waals surface area contributed by atoms with E-state index in [1.54, 1.807) is 12.1 Å². The van der Waals surface area contributed by atoms with Gasteiger partial charge in [-0.2, -0.15) is 0 Å². The van der Waals surface area contributed by atoms with E-state index in [0.717, 1.165) is 39.8 Å². The number of amides is 3. The Hall–Kier alpha value is -5.37. The normalized spacial score (nSPS) is 17.0. The zero-order valence-electron chi connectivity index (χ0n) is 25.9. The van der Waals surface area contributed by atoms with Crippen molar-refractivity contribution in [3.8, 4) is 28.4 Å². The van der Waals surface area contributed by atoms with Crippen LogP contribution in [0.3, 0.4) is 0 Å². The molecule has 0 spiro atoms. The fourth-order valence-corrected chi connectivity index (χ4v) is 6.46. The Labute approximate surface area is 267 Å². The van der Waals surface area contributed by atoms with Gasteiger partial charge >= 0.3 is 6.03 Å². The summed E-state index contributed by atoms with van der Waals surface area (Å²) in [7, 11) is 0. The minimum absolute atomic E-state index is 0.142. The summed E-state index contributed by atoms with van der Waals surface area (Å²) in [6.45, 7) is 4.73. The predicted octanol–water partition coefficient (Wildman–Crippen LogP) is 7.16. The number of urea groups is 1. The highest BCUT2D eigenvalue weighted by Gasteiger charge is 2.51. The zero-order valence-corrected chi connectivity index (χ0v) is 25.9. The smallest absolute Gasteiger partial charge is 0.325 e. The molecule has 1 fully saturated rings. The van der Waals surface area contributed by atoms with Gasteiger partial charge in [0, 0.05) is 18.1 Å². The van der Waals surface area contributed by atoms with Crippen LogP contribution in [0.5, 0.6) is 17.2 Å². The summed E-state index contributed by atoms with van der Waals surface area (Å²) in [4.78, 5) is 32.7. The summed E-state index contributed by atoms with van der Waals surface area (Å²) in [5, 5.41) is 4.06. The van der Waals surface area contributed by atoms with Gasteiger partial charge in [0.05, 0.1) is 12.1 Å². The molecule has 232 valence electrons. The van der Waals surface area contributed by atoms with E-state index in [-0.39, 0.29) is 19.2 Å². The molecule has 0 aliphatic carbocycles. The van der Waals surface area contributed by atoms with Crippen molar-refractivity contribution in [2.24, 2.45) is 0 Å². The quantitative estimate of drug-likeness (QED) is 0.133. The Balaban J connectivity index is 1.03. The number of nitrogens with one attached hydrogen (secondary N) is 1. The molecule has 0 saturated carbocycles. The molecule has 1 aromatic heterocycles. The second kappa shape index (κ2) is 12.2. The minimum atomic E-state index is -1.14. The van der Waals surface area contributed by atoms with Gasteiger partial charge in [-0.3, -0.25) is 14.7 Å². The molecule has 3 heterocycles. The molecule has 8 heteroatoms. The van der Waals surface area contributed by atoms with Gasteiger partial charge in [-0.25, -0.2) is 4.79 Å². The molecule has 1 atom stereocenters. The molecule has 1 unspecified atom stereocenters. The van der Waals surface area contributed by atoms with E-state index in [1.165, 1.54) is 16.0 Å². The number of rotatable bonds is 10. The molecule has 0 bridgehead atoms. The maximum Gasteiger partial charge on any atom is 0.325 e. The van der Waals surface area contributed by atoms with Crippen molar-refractivity contribution < 1.29 is 23.8 Å². The largest absolute Gasteiger partial charge is 0.494 e. The molecule has 4 aromatic carbocycles. The van der Waals surface area contributed by atoms with Crippen molar-refractivity contribution >= 4 is 22.8 Å². The maximum absolute atomic E-state index is 13.6. The number of imide groups is 1. The standard InChI is InChI=1S/C38H35N3O5/c1-3-38(29-15-18-32-33(22-29)46-24-45-32)36(42)41(37(43)40-38)19-8-20-44-30-16-13-27(14-17-30)34-28(21-26-10-5-4-6-11-26)23-39-35-25(2)9-7-12-31(34)35/h4-7,9-18,22-23H,3,8,19-21,24H2,1-2H3,(H,40,43). The first-order valence-electron chi connectivity index (χ1n) is 15.7. The van der Waals surface area contributed by atoms with Gasteiger partial charge in [-0.15, -0.1) is 0 Å². The van der Waals surface area contributed by atoms with E-state index in [0.29, 0.717) is 36.5 Å². The SMILES string of the molecule is CCC1(c2ccc3c(c2)OCO3)NC(=O)N(CCCOc2ccc(-c3c(Cc4ccccc4)cnc4c(C)cccc34)cc2)C1=O. The molecule has 2 aliphatic rings. The third-order valence-corrected chi connectivity index (χ3v) is 8.92. The van der Waals surface area contributed by atoms with E-state index in [2.05, 4.69) is 66.8 Å². The number of ether oxygens (including phenoxy) is 3. The van der Waals surface area contributed by atoms with Crippen LogP contribution in [0.1, 0.15) is 42.0 Å². The highest BCUT2D eigenvalue weighted by Crippen LogP contribution is 2.40. The maximum atomic E-state index is 13.6. The van der Waals surface area contributed by atoms with E-state index < -0.39 is 11.6 Å². The van der Waals surface area contributed by atoms with Crippen LogP contribution < -0.4 is 19.5 Å². The highest BCUT2D eigenvalue weighted by atomic mass is 16.7. The number of carbonyl (C=O) groups excluding carboxylic acids is 2. The molecule has 3 amide bonds. The van der Waals surface area contributed by atoms with Crippen LogP contribution in [-0.4, -0.2) is 41.8 Å². The summed E-state index contributed by atoms with van der Waals surface area (Å²) in [5.74, 6) is 1.66. The summed E-state index contributed by atoms with van der Waals surface area (Å²) < 4.78 is 17.0. The van der Waals surface area contributed by atoms with E-state index >= 15 is 0 Å². The van der Waals surface area contributed by atoms with Gasteiger partial charge in [0.25, 0.3) is 5.91 Å². The van der Waals surface area contributed by atoms with Crippen molar-refractivity contribution in [1.82, 2.24) is 15.2 Å². The Morgan fingerprint density at radius 1 is 0.935 bits per heavy atom. The second-order valence-corrected chi connectivity index (χ2v) is 11.7. The van der Waals surface area contributed by atoms with Crippen molar-refractivity contribution in [2.45, 2.75) is 38.6 Å². The van der Waals surface area contributed by atoms with E-state index in [1.807, 2.05) is 37.4 Å². The first kappa shape index (κ1) is 29.3. The van der Waals surface area contributed by atoms with Gasteiger partial charge in [0.1, 0.15) is 11.3 Å². The Bertz CT molecular complexity index is 1930. The molecule has 5 aromatic rings. The molecule has 1 N–H and O–H groups in total. The molecule has 8 nitrogen and oxygen atoms in total. The van der Waals surface area contributed by atoms with Crippen molar-refractivity contribution in [2.75, 3.05) is 19.9 Å². The van der Waals surface area contributed by atoms with Crippen molar-refractivity contribution in [1.29, 1.82) is 0 Å². The van der Waals surface area contributed by atoms with Crippen molar-refractivity contribution in [3.63, 3.8) is 0 Å². The zero-order chi connectivity index (χ0) is 31.7. The number of aryl methyl sites for hydroxylation is 1. The van der Waals surface area contributed by atoms with E-state index in [4.69, 9.17) is 19.2 Å². The number of aromatic nitrogens is 1. The molecule has 1 saturated heterocycles. The number of carbonyl (C=O) groups is 2. The Morgan fingerprint density at radius 3 is 2.54 bits per heavy atom. The number of hydrogen-bond acceptors (Lipinski definition) is 6. The second-order valence-electron chi connectivity index (χ2n) is 11.7. The number of nitrogens with zero attached hydrogens (tertiary/aromatic N) is 2. The first-order valence-corrected chi connectivity index (χ1v) is 15.7. The van der Waals surface area contributed by atoms with E-state index in [9.17, 15) is 9.59 Å². The lowest BCUT2D eigenvalue weighted by Crippen LogP contribution is -2.43. The lowest BCUT2D eigenvalue weighted by molar-refractivity contribution is -0.131. The van der Waals surface area contributed by atoms with Crippen LogP contribution in [0.4, 0.5) is 4.79 Å². The van der Waals surface area contributed by atoms with Crippen LogP contribution in [0, 0.1) is 6.92 Å². The van der Waals surface area contributed by atoms with Gasteiger partial charge in [-0.1, -0.05) is 73.7 Å². The summed E-state index contributed by atoms with van der Waals surface area (Å²) in [6.07, 6.45) is 3.69. The van der Waals surface area contributed by atoms with Gasteiger partial charge < -0.3 is 19.5 Å². The summed E-state index contributed by atoms with van der Waals surface area (Å²) in [6, 6.07) is 29.8. The number of pyridine rings is 1. The number of fused-ring (bicyclic) bond motifs is 2. The Kier molecular flexibility index (Phi) is 7.78. The minimum Gasteiger partial charge on any atom is -0.494 e. The molecular formula is C38H35N3O5. The monoisotopic (exact) mass is 613 g/mol. The lowest BCUT2D eigenvalue weighted by atomic mass is 9.87. The van der Waals surface area contributed by atoms with Crippen LogP contribution in [-0.2, 0) is 16.8 Å². The number of benzene rings is 4. The van der Waals surface area contributed by atoms with Crippen LogP contribution in [0.15, 0.2) is 97.2 Å². The fourth-order valence-electron chi connectivity index (χ4n) is 6.46. The number of para-hydroxylation sites is 1. The fraction of sp³-hybridized carbons (Fsp3) is 0.237. The molecule has 0 radical (unpaired) electrons. The topological polar surface area (TPSA) is 90.0 Å². The molecule has 46 heavy (non-hydrogen) atoms. The average molecular weight is 614 g/mol. The average Bonchev–Trinajstić information content (AvgIpc) is 3.65. The third kappa shape index (κ3) is 5.30. The summed E-state index contributed by atoms with van der Waals surface area (Å²) >= 11 is 0. The third-order valence-electron chi connectivity index (χ3n) is 8.92. The molecule has 7 rings (SSSR count). The lowest BCUT2D eigenvalue weighted by Gasteiger charge is -2.26. The van der Waals surface area contributed by atoms with Gasteiger partial charge in [0.15, 0.2) is 11.5 Å². The summed E-state index contributed by atoms with van der Waals surface area (Å²) in [5.41, 5.74) is 6.34.